The molecule has 0 saturated carbocycles. The molecule has 0 fully saturated rings. The summed E-state index contributed by atoms with van der Waals surface area (Å²) >= 11 is 0. The zero-order valence-electron chi connectivity index (χ0n) is 13.0. The predicted octanol–water partition coefficient (Wildman–Crippen LogP) is 2.46. The molecule has 0 saturated heterocycles. The molecule has 21 heavy (non-hydrogen) atoms. The van der Waals surface area contributed by atoms with Gasteiger partial charge in [0.25, 0.3) is 0 Å². The summed E-state index contributed by atoms with van der Waals surface area (Å²) in [6, 6.07) is 1.67. The summed E-state index contributed by atoms with van der Waals surface area (Å²) in [6.45, 7) is 7.61. The third-order valence-electron chi connectivity index (χ3n) is 2.68. The van der Waals surface area contributed by atoms with E-state index in [0.29, 0.717) is 30.8 Å². The average Bonchev–Trinajstić information content (AvgIpc) is 2.32. The number of alkyl carbamates (subject to hydrolysis) is 1. The minimum atomic E-state index is -0.521. The molecule has 1 aromatic rings. The first-order chi connectivity index (χ1) is 9.69. The van der Waals surface area contributed by atoms with Crippen molar-refractivity contribution in [2.24, 2.45) is 0 Å². The fourth-order valence-corrected chi connectivity index (χ4v) is 1.76. The maximum absolute atomic E-state index is 12.0. The van der Waals surface area contributed by atoms with Gasteiger partial charge in [0.2, 0.25) is 0 Å². The van der Waals surface area contributed by atoms with Gasteiger partial charge in [-0.15, -0.1) is 0 Å². The average molecular weight is 293 g/mol. The van der Waals surface area contributed by atoms with Crippen LogP contribution in [0.3, 0.4) is 0 Å². The lowest BCUT2D eigenvalue weighted by Gasteiger charge is -2.19. The number of nitrogens with zero attached hydrogens (tertiary/aromatic N) is 1. The van der Waals surface area contributed by atoms with Crippen LogP contribution in [0, 0.1) is 6.92 Å². The Bertz CT molecular complexity index is 521. The number of nitrogens with two attached hydrogens (primary N) is 1. The first kappa shape index (κ1) is 16.9. The highest BCUT2D eigenvalue weighted by atomic mass is 16.6. The molecule has 0 unspecified atom stereocenters. The van der Waals surface area contributed by atoms with Crippen LogP contribution in [0.1, 0.15) is 49.5 Å². The summed E-state index contributed by atoms with van der Waals surface area (Å²) in [5, 5.41) is 2.62. The van der Waals surface area contributed by atoms with E-state index in [1.54, 1.807) is 26.8 Å². The zero-order valence-corrected chi connectivity index (χ0v) is 13.0. The van der Waals surface area contributed by atoms with E-state index >= 15 is 0 Å². The number of pyridine rings is 1. The number of nitrogen functional groups attached to an aromatic ring is 1. The van der Waals surface area contributed by atoms with Crippen LogP contribution < -0.4 is 11.1 Å². The fraction of sp³-hybridized carbons (Fsp3) is 0.533. The molecule has 1 rings (SSSR count). The number of amides is 1. The zero-order chi connectivity index (χ0) is 16.0. The number of ether oxygens (including phenoxy) is 1. The van der Waals surface area contributed by atoms with Crippen LogP contribution in [-0.4, -0.2) is 29.0 Å². The molecule has 0 radical (unpaired) electrons. The van der Waals surface area contributed by atoms with Gasteiger partial charge in [0, 0.05) is 24.7 Å². The molecule has 0 bridgehead atoms. The van der Waals surface area contributed by atoms with Gasteiger partial charge in [-0.05, 0) is 45.7 Å². The molecule has 1 heterocycles. The second-order valence-electron chi connectivity index (χ2n) is 5.88. The molecule has 6 nitrogen and oxygen atoms in total. The summed E-state index contributed by atoms with van der Waals surface area (Å²) in [4.78, 5) is 27.4. The standard InChI is InChI=1S/C15H23N3O3/c1-10-8-13(16)18-9-11(10)12(19)6-5-7-17-14(20)21-15(2,3)4/h8-9H,5-7H2,1-4H3,(H2,16,18)(H,17,20). The monoisotopic (exact) mass is 293 g/mol. The smallest absolute Gasteiger partial charge is 0.407 e. The number of nitrogens with one attached hydrogen (secondary N) is 1. The normalized spacial score (nSPS) is 11.0. The highest BCUT2D eigenvalue weighted by Crippen LogP contribution is 2.12. The van der Waals surface area contributed by atoms with E-state index in [4.69, 9.17) is 10.5 Å². The molecule has 1 amide bonds. The van der Waals surface area contributed by atoms with Crippen LogP contribution in [0.4, 0.5) is 10.6 Å². The molecule has 0 aliphatic heterocycles. The van der Waals surface area contributed by atoms with Crippen molar-refractivity contribution in [3.05, 3.63) is 23.4 Å². The number of Topliss-reactive ketones (excluding diaryl/α,β-unsaturated/α-hetero) is 1. The maximum atomic E-state index is 12.0. The number of aromatic nitrogens is 1. The molecule has 0 aliphatic carbocycles. The summed E-state index contributed by atoms with van der Waals surface area (Å²) in [5.74, 6) is 0.390. The fourth-order valence-electron chi connectivity index (χ4n) is 1.76. The van der Waals surface area contributed by atoms with E-state index in [9.17, 15) is 9.59 Å². The number of hydrogen-bond donors (Lipinski definition) is 2. The van der Waals surface area contributed by atoms with E-state index in [2.05, 4.69) is 10.3 Å². The van der Waals surface area contributed by atoms with Crippen LogP contribution in [0.5, 0.6) is 0 Å². The Kier molecular flexibility index (Phi) is 5.69. The van der Waals surface area contributed by atoms with Gasteiger partial charge < -0.3 is 15.8 Å². The van der Waals surface area contributed by atoms with Gasteiger partial charge in [-0.2, -0.15) is 0 Å². The lowest BCUT2D eigenvalue weighted by molar-refractivity contribution is 0.0525. The van der Waals surface area contributed by atoms with E-state index in [-0.39, 0.29) is 5.78 Å². The van der Waals surface area contributed by atoms with E-state index in [1.807, 2.05) is 6.92 Å². The number of carbonyl (C=O) groups excluding carboxylic acids is 2. The summed E-state index contributed by atoms with van der Waals surface area (Å²) in [7, 11) is 0. The molecule has 1 aromatic heterocycles. The van der Waals surface area contributed by atoms with Crippen LogP contribution in [0.2, 0.25) is 0 Å². The van der Waals surface area contributed by atoms with Crippen molar-refractivity contribution >= 4 is 17.7 Å². The molecule has 0 spiro atoms. The van der Waals surface area contributed by atoms with E-state index < -0.39 is 11.7 Å². The third-order valence-corrected chi connectivity index (χ3v) is 2.68. The quantitative estimate of drug-likeness (QED) is 0.642. The second kappa shape index (κ2) is 7.06. The van der Waals surface area contributed by atoms with Gasteiger partial charge in [0.15, 0.2) is 5.78 Å². The first-order valence-electron chi connectivity index (χ1n) is 6.91. The molecule has 0 aliphatic rings. The number of aryl methyl sites for hydroxylation is 1. The van der Waals surface area contributed by atoms with Gasteiger partial charge >= 0.3 is 6.09 Å². The number of anilines is 1. The molecular formula is C15H23N3O3. The SMILES string of the molecule is Cc1cc(N)ncc1C(=O)CCCNC(=O)OC(C)(C)C. The minimum Gasteiger partial charge on any atom is -0.444 e. The van der Waals surface area contributed by atoms with Crippen LogP contribution in [0.25, 0.3) is 0 Å². The van der Waals surface area contributed by atoms with Crippen LogP contribution >= 0.6 is 0 Å². The lowest BCUT2D eigenvalue weighted by atomic mass is 10.0. The van der Waals surface area contributed by atoms with Crippen molar-refractivity contribution in [3.63, 3.8) is 0 Å². The number of hydrogen-bond acceptors (Lipinski definition) is 5. The molecule has 116 valence electrons. The van der Waals surface area contributed by atoms with Crippen LogP contribution in [0.15, 0.2) is 12.3 Å². The van der Waals surface area contributed by atoms with Gasteiger partial charge in [0.05, 0.1) is 0 Å². The molecule has 0 atom stereocenters. The van der Waals surface area contributed by atoms with Crippen molar-refractivity contribution < 1.29 is 14.3 Å². The van der Waals surface area contributed by atoms with Crippen molar-refractivity contribution in [1.82, 2.24) is 10.3 Å². The first-order valence-corrected chi connectivity index (χ1v) is 6.91. The Morgan fingerprint density at radius 1 is 1.38 bits per heavy atom. The highest BCUT2D eigenvalue weighted by molar-refractivity contribution is 5.97. The molecule has 6 heteroatoms. The molecule has 0 aromatic carbocycles. The Morgan fingerprint density at radius 3 is 2.62 bits per heavy atom. The largest absolute Gasteiger partial charge is 0.444 e. The maximum Gasteiger partial charge on any atom is 0.407 e. The van der Waals surface area contributed by atoms with Crippen molar-refractivity contribution in [2.45, 2.75) is 46.1 Å². The minimum absolute atomic E-state index is 0.00834. The van der Waals surface area contributed by atoms with Gasteiger partial charge in [-0.25, -0.2) is 9.78 Å². The Hall–Kier alpha value is -2.11. The predicted molar refractivity (Wildman–Crippen MR) is 81.2 cm³/mol. The Labute approximate surface area is 125 Å². The van der Waals surface area contributed by atoms with Crippen molar-refractivity contribution in [3.8, 4) is 0 Å². The summed E-state index contributed by atoms with van der Waals surface area (Å²) in [5.41, 5.74) is 6.41. The van der Waals surface area contributed by atoms with Crippen LogP contribution in [-0.2, 0) is 4.74 Å². The van der Waals surface area contributed by atoms with E-state index in [1.165, 1.54) is 6.20 Å². The highest BCUT2D eigenvalue weighted by Gasteiger charge is 2.16. The number of carbonyl (C=O) groups is 2. The van der Waals surface area contributed by atoms with Crippen molar-refractivity contribution in [2.75, 3.05) is 12.3 Å². The topological polar surface area (TPSA) is 94.3 Å². The van der Waals surface area contributed by atoms with Gasteiger partial charge in [0.1, 0.15) is 11.4 Å². The summed E-state index contributed by atoms with van der Waals surface area (Å²) in [6.07, 6.45) is 1.90. The van der Waals surface area contributed by atoms with E-state index in [0.717, 1.165) is 5.56 Å². The van der Waals surface area contributed by atoms with Gasteiger partial charge in [-0.3, -0.25) is 4.79 Å². The van der Waals surface area contributed by atoms with Crippen molar-refractivity contribution in [1.29, 1.82) is 0 Å². The Balaban J connectivity index is 2.36. The van der Waals surface area contributed by atoms with Gasteiger partial charge in [-0.1, -0.05) is 0 Å². The number of rotatable bonds is 5. The summed E-state index contributed by atoms with van der Waals surface area (Å²) < 4.78 is 5.10. The third kappa shape index (κ3) is 6.25. The Morgan fingerprint density at radius 2 is 2.05 bits per heavy atom. The number of ketones is 1. The molecular weight excluding hydrogens is 270 g/mol. The second-order valence-corrected chi connectivity index (χ2v) is 5.88. The molecule has 3 N–H and O–H groups in total. The lowest BCUT2D eigenvalue weighted by Crippen LogP contribution is -2.33.